The summed E-state index contributed by atoms with van der Waals surface area (Å²) in [5.74, 6) is -0.573. The number of aliphatic hydroxyl groups excluding tert-OH is 1. The number of carbonyl (C=O) groups excluding carboxylic acids is 2. The van der Waals surface area contributed by atoms with E-state index >= 15 is 0 Å². The van der Waals surface area contributed by atoms with Crippen LogP contribution in [0.1, 0.15) is 82.2 Å². The first kappa shape index (κ1) is 25.5. The van der Waals surface area contributed by atoms with Gasteiger partial charge in [0.1, 0.15) is 11.5 Å². The van der Waals surface area contributed by atoms with Crippen molar-refractivity contribution in [3.8, 4) is 5.75 Å². The lowest BCUT2D eigenvalue weighted by Crippen LogP contribution is -2.30. The Kier molecular flexibility index (Phi) is 7.86. The summed E-state index contributed by atoms with van der Waals surface area (Å²) in [6, 6.07) is 12.7. The fourth-order valence-electron chi connectivity index (χ4n) is 4.39. The minimum absolute atomic E-state index is 0.112. The molecule has 0 bridgehead atoms. The number of benzene rings is 2. The third kappa shape index (κ3) is 5.19. The largest absolute Gasteiger partial charge is 0.507 e. The van der Waals surface area contributed by atoms with Crippen molar-refractivity contribution in [2.45, 2.75) is 72.3 Å². The van der Waals surface area contributed by atoms with E-state index in [9.17, 15) is 14.7 Å². The zero-order valence-corrected chi connectivity index (χ0v) is 21.3. The standard InChI is InChI=1S/C29H37NO4/c1-7-9-10-17-30-25(20-12-15-22(16-13-20)34-8-2)24(27(32)28(30)33)26(31)23-18-21(29(4,5)6)14-11-19(23)3/h11-16,18,25,31H,7-10,17H2,1-6H3/b26-24+. The summed E-state index contributed by atoms with van der Waals surface area (Å²) in [4.78, 5) is 28.0. The molecule has 0 aromatic heterocycles. The third-order valence-electron chi connectivity index (χ3n) is 6.41. The first-order valence-electron chi connectivity index (χ1n) is 12.2. The first-order chi connectivity index (χ1) is 16.1. The molecule has 1 fully saturated rings. The van der Waals surface area contributed by atoms with E-state index in [1.54, 1.807) is 4.90 Å². The molecule has 1 aliphatic heterocycles. The molecule has 0 spiro atoms. The van der Waals surface area contributed by atoms with Gasteiger partial charge < -0.3 is 14.7 Å². The van der Waals surface area contributed by atoms with Crippen LogP contribution in [0.15, 0.2) is 48.0 Å². The molecular formula is C29H37NO4. The maximum absolute atomic E-state index is 13.3. The second-order valence-electron chi connectivity index (χ2n) is 9.98. The summed E-state index contributed by atoms with van der Waals surface area (Å²) in [6.07, 6.45) is 2.78. The Labute approximate surface area is 203 Å². The predicted octanol–water partition coefficient (Wildman–Crippen LogP) is 6.30. The average molecular weight is 464 g/mol. The summed E-state index contributed by atoms with van der Waals surface area (Å²) in [6.45, 7) is 13.3. The molecule has 1 saturated heterocycles. The fraction of sp³-hybridized carbons (Fsp3) is 0.448. The number of nitrogens with zero attached hydrogens (tertiary/aromatic N) is 1. The molecule has 5 nitrogen and oxygen atoms in total. The summed E-state index contributed by atoms with van der Waals surface area (Å²) >= 11 is 0. The Morgan fingerprint density at radius 1 is 1.03 bits per heavy atom. The summed E-state index contributed by atoms with van der Waals surface area (Å²) in [7, 11) is 0. The van der Waals surface area contributed by atoms with Crippen molar-refractivity contribution in [2.24, 2.45) is 0 Å². The van der Waals surface area contributed by atoms with Crippen LogP contribution in [0.3, 0.4) is 0 Å². The highest BCUT2D eigenvalue weighted by Crippen LogP contribution is 2.41. The van der Waals surface area contributed by atoms with Crippen LogP contribution in [-0.2, 0) is 15.0 Å². The number of ketones is 1. The number of unbranched alkanes of at least 4 members (excludes halogenated alkanes) is 2. The number of carbonyl (C=O) groups is 2. The van der Waals surface area contributed by atoms with Gasteiger partial charge in [-0.05, 0) is 60.6 Å². The number of hydrogen-bond acceptors (Lipinski definition) is 4. The number of hydrogen-bond donors (Lipinski definition) is 1. The number of aryl methyl sites for hydroxylation is 1. The molecule has 1 aliphatic rings. The maximum atomic E-state index is 13.3. The first-order valence-corrected chi connectivity index (χ1v) is 12.2. The minimum atomic E-state index is -0.634. The van der Waals surface area contributed by atoms with Crippen LogP contribution in [0.2, 0.25) is 0 Å². The van der Waals surface area contributed by atoms with Crippen LogP contribution in [0.4, 0.5) is 0 Å². The third-order valence-corrected chi connectivity index (χ3v) is 6.41. The molecule has 0 aliphatic carbocycles. The van der Waals surface area contributed by atoms with Crippen molar-refractivity contribution in [3.05, 3.63) is 70.3 Å². The molecule has 5 heteroatoms. The minimum Gasteiger partial charge on any atom is -0.507 e. The Bertz CT molecular complexity index is 1080. The highest BCUT2D eigenvalue weighted by molar-refractivity contribution is 6.46. The zero-order chi connectivity index (χ0) is 25.0. The Morgan fingerprint density at radius 2 is 1.71 bits per heavy atom. The molecule has 0 saturated carbocycles. The molecule has 1 N–H and O–H groups in total. The Balaban J connectivity index is 2.17. The van der Waals surface area contributed by atoms with Gasteiger partial charge in [0.15, 0.2) is 0 Å². The van der Waals surface area contributed by atoms with Gasteiger partial charge in [-0.1, -0.05) is 64.8 Å². The van der Waals surface area contributed by atoms with Crippen LogP contribution in [0.25, 0.3) is 5.76 Å². The maximum Gasteiger partial charge on any atom is 0.295 e. The average Bonchev–Trinajstić information content (AvgIpc) is 3.04. The second-order valence-corrected chi connectivity index (χ2v) is 9.98. The lowest BCUT2D eigenvalue weighted by atomic mass is 9.84. The number of Topliss-reactive ketones (excluding diaryl/α,β-unsaturated/α-hetero) is 1. The molecule has 182 valence electrons. The van der Waals surface area contributed by atoms with E-state index in [2.05, 4.69) is 27.7 Å². The molecule has 1 heterocycles. The predicted molar refractivity (Wildman–Crippen MR) is 136 cm³/mol. The van der Waals surface area contributed by atoms with Crippen molar-refractivity contribution >= 4 is 17.4 Å². The monoisotopic (exact) mass is 463 g/mol. The second kappa shape index (κ2) is 10.5. The molecule has 1 unspecified atom stereocenters. The van der Waals surface area contributed by atoms with E-state index in [0.29, 0.717) is 18.7 Å². The number of likely N-dealkylation sites (tertiary alicyclic amines) is 1. The van der Waals surface area contributed by atoms with Gasteiger partial charge >= 0.3 is 0 Å². The van der Waals surface area contributed by atoms with Crippen LogP contribution >= 0.6 is 0 Å². The van der Waals surface area contributed by atoms with Crippen molar-refractivity contribution in [2.75, 3.05) is 13.2 Å². The van der Waals surface area contributed by atoms with Crippen LogP contribution < -0.4 is 4.74 Å². The molecule has 3 rings (SSSR count). The topological polar surface area (TPSA) is 66.8 Å². The van der Waals surface area contributed by atoms with Crippen molar-refractivity contribution in [3.63, 3.8) is 0 Å². The SMILES string of the molecule is CCCCCN1C(=O)C(=O)/C(=C(/O)c2cc(C(C)(C)C)ccc2C)C1c1ccc(OCC)cc1. The zero-order valence-electron chi connectivity index (χ0n) is 21.3. The normalized spacial score (nSPS) is 17.9. The summed E-state index contributed by atoms with van der Waals surface area (Å²) in [5.41, 5.74) is 3.31. The van der Waals surface area contributed by atoms with Gasteiger partial charge in [0.05, 0.1) is 18.2 Å². The smallest absolute Gasteiger partial charge is 0.295 e. The van der Waals surface area contributed by atoms with Gasteiger partial charge in [-0.15, -0.1) is 0 Å². The van der Waals surface area contributed by atoms with Crippen molar-refractivity contribution in [1.29, 1.82) is 0 Å². The summed E-state index contributed by atoms with van der Waals surface area (Å²) < 4.78 is 5.57. The van der Waals surface area contributed by atoms with E-state index in [-0.39, 0.29) is 16.7 Å². The van der Waals surface area contributed by atoms with Gasteiger partial charge in [0.2, 0.25) is 0 Å². The number of aliphatic hydroxyl groups is 1. The highest BCUT2D eigenvalue weighted by atomic mass is 16.5. The lowest BCUT2D eigenvalue weighted by molar-refractivity contribution is -0.139. The van der Waals surface area contributed by atoms with Crippen molar-refractivity contribution in [1.82, 2.24) is 4.90 Å². The molecule has 2 aromatic carbocycles. The van der Waals surface area contributed by atoms with Gasteiger partial charge in [-0.3, -0.25) is 9.59 Å². The summed E-state index contributed by atoms with van der Waals surface area (Å²) in [5, 5.41) is 11.5. The number of rotatable bonds is 8. The van der Waals surface area contributed by atoms with E-state index in [1.807, 2.05) is 56.3 Å². The van der Waals surface area contributed by atoms with Gasteiger partial charge in [-0.2, -0.15) is 0 Å². The molecule has 1 atom stereocenters. The van der Waals surface area contributed by atoms with Gasteiger partial charge in [0, 0.05) is 12.1 Å². The van der Waals surface area contributed by atoms with E-state index < -0.39 is 17.7 Å². The Hall–Kier alpha value is -3.08. The van der Waals surface area contributed by atoms with E-state index in [1.165, 1.54) is 0 Å². The number of ether oxygens (including phenoxy) is 1. The van der Waals surface area contributed by atoms with Crippen LogP contribution in [-0.4, -0.2) is 34.8 Å². The molecule has 2 aromatic rings. The van der Waals surface area contributed by atoms with Gasteiger partial charge in [-0.25, -0.2) is 0 Å². The van der Waals surface area contributed by atoms with Crippen LogP contribution in [0.5, 0.6) is 5.75 Å². The Morgan fingerprint density at radius 3 is 2.29 bits per heavy atom. The fourth-order valence-corrected chi connectivity index (χ4v) is 4.39. The highest BCUT2D eigenvalue weighted by Gasteiger charge is 2.46. The van der Waals surface area contributed by atoms with E-state index in [4.69, 9.17) is 4.74 Å². The molecule has 1 amide bonds. The van der Waals surface area contributed by atoms with E-state index in [0.717, 1.165) is 41.7 Å². The van der Waals surface area contributed by atoms with Gasteiger partial charge in [0.25, 0.3) is 11.7 Å². The number of amides is 1. The van der Waals surface area contributed by atoms with Crippen molar-refractivity contribution < 1.29 is 19.4 Å². The van der Waals surface area contributed by atoms with Crippen LogP contribution in [0, 0.1) is 6.92 Å². The molecular weight excluding hydrogens is 426 g/mol. The lowest BCUT2D eigenvalue weighted by Gasteiger charge is -2.26. The molecule has 34 heavy (non-hydrogen) atoms. The quantitative estimate of drug-likeness (QED) is 0.216. The molecule has 0 radical (unpaired) electrons.